The van der Waals surface area contributed by atoms with Crippen molar-refractivity contribution in [3.05, 3.63) is 89.8 Å². The van der Waals surface area contributed by atoms with E-state index in [4.69, 9.17) is 5.73 Å². The number of hydrogen-bond donors (Lipinski definition) is 3. The topological polar surface area (TPSA) is 50.1 Å². The Morgan fingerprint density at radius 3 is 2.66 bits per heavy atom. The predicted octanol–water partition coefficient (Wildman–Crippen LogP) is 6.09. The van der Waals surface area contributed by atoms with Crippen LogP contribution in [0.4, 0.5) is 5.69 Å². The normalized spacial score (nSPS) is 12.6. The van der Waals surface area contributed by atoms with Crippen LogP contribution < -0.4 is 16.4 Å². The number of fused-ring (bicyclic) bond motifs is 1. The van der Waals surface area contributed by atoms with Gasteiger partial charge in [-0.15, -0.1) is 11.8 Å². The lowest BCUT2D eigenvalue weighted by atomic mass is 10.0. The number of allylic oxidation sites excluding steroid dienone is 3. The molecule has 0 radical (unpaired) electrons. The number of hydrogen-bond acceptors (Lipinski definition) is 4. The van der Waals surface area contributed by atoms with E-state index in [1.165, 1.54) is 28.0 Å². The largest absolute Gasteiger partial charge is 0.368 e. The second-order valence-corrected chi connectivity index (χ2v) is 7.75. The van der Waals surface area contributed by atoms with Gasteiger partial charge < -0.3 is 16.4 Å². The molecule has 4 heteroatoms. The summed E-state index contributed by atoms with van der Waals surface area (Å²) in [6.45, 7) is 9.87. The fraction of sp³-hybridized carbons (Fsp3) is 0.280. The van der Waals surface area contributed by atoms with E-state index < -0.39 is 0 Å². The van der Waals surface area contributed by atoms with Crippen molar-refractivity contribution in [3.8, 4) is 0 Å². The van der Waals surface area contributed by atoms with E-state index in [9.17, 15) is 0 Å². The summed E-state index contributed by atoms with van der Waals surface area (Å²) in [5.74, 6) is 1.01. The highest BCUT2D eigenvalue weighted by atomic mass is 32.2. The van der Waals surface area contributed by atoms with E-state index >= 15 is 0 Å². The number of aryl methyl sites for hydroxylation is 1. The van der Waals surface area contributed by atoms with E-state index in [0.717, 1.165) is 30.0 Å². The first-order chi connectivity index (χ1) is 14.1. The number of nitrogens with two attached hydrogens (primary N) is 1. The molecule has 1 aliphatic heterocycles. The molecule has 1 aliphatic rings. The maximum absolute atomic E-state index is 5.50. The molecule has 0 aliphatic carbocycles. The van der Waals surface area contributed by atoms with Crippen molar-refractivity contribution in [2.24, 2.45) is 5.73 Å². The van der Waals surface area contributed by atoms with E-state index in [0.29, 0.717) is 6.54 Å². The standard InChI is InChI=1S/C16H20N2.C9H13NS/c1-3-4-5-8-11-17-16-12-13(2)14-9-6-7-10-15(14)18-16;1-7-5-8(6-10)3-4-9(7)11-2/h5-10,12,17-18H,2-4,11H2,1H3;3-5H,6,10H2,1-2H3/b8-5+;. The van der Waals surface area contributed by atoms with E-state index in [-0.39, 0.29) is 0 Å². The first kappa shape index (κ1) is 22.9. The average molecular weight is 408 g/mol. The Bertz CT molecular complexity index is 868. The Morgan fingerprint density at radius 2 is 1.97 bits per heavy atom. The van der Waals surface area contributed by atoms with Gasteiger partial charge in [0.25, 0.3) is 0 Å². The molecule has 0 amide bonds. The quantitative estimate of drug-likeness (QED) is 0.384. The van der Waals surface area contributed by atoms with Gasteiger partial charge in [0.15, 0.2) is 0 Å². The fourth-order valence-corrected chi connectivity index (χ4v) is 3.59. The number of nitrogens with one attached hydrogen (secondary N) is 2. The zero-order valence-corrected chi connectivity index (χ0v) is 18.6. The van der Waals surface area contributed by atoms with Crippen LogP contribution in [0.5, 0.6) is 0 Å². The Balaban J connectivity index is 0.000000234. The third-order valence-corrected chi connectivity index (χ3v) is 5.49. The van der Waals surface area contributed by atoms with E-state index in [1.807, 2.05) is 12.1 Å². The molecule has 0 atom stereocenters. The highest BCUT2D eigenvalue weighted by molar-refractivity contribution is 7.98. The first-order valence-corrected chi connectivity index (χ1v) is 11.3. The van der Waals surface area contributed by atoms with Crippen LogP contribution in [0, 0.1) is 6.92 Å². The molecule has 29 heavy (non-hydrogen) atoms. The molecule has 4 N–H and O–H groups in total. The molecule has 0 spiro atoms. The van der Waals surface area contributed by atoms with Crippen LogP contribution in [-0.2, 0) is 6.54 Å². The van der Waals surface area contributed by atoms with Crippen LogP contribution in [-0.4, -0.2) is 12.8 Å². The number of anilines is 1. The first-order valence-electron chi connectivity index (χ1n) is 10.1. The van der Waals surface area contributed by atoms with Crippen molar-refractivity contribution >= 4 is 23.0 Å². The zero-order valence-electron chi connectivity index (χ0n) is 17.8. The third-order valence-electron chi connectivity index (χ3n) is 4.59. The lowest BCUT2D eigenvalue weighted by Gasteiger charge is -2.21. The lowest BCUT2D eigenvalue weighted by Crippen LogP contribution is -2.22. The van der Waals surface area contributed by atoms with Crippen LogP contribution >= 0.6 is 11.8 Å². The van der Waals surface area contributed by atoms with Gasteiger partial charge >= 0.3 is 0 Å². The molecule has 3 nitrogen and oxygen atoms in total. The van der Waals surface area contributed by atoms with Crippen molar-refractivity contribution in [3.63, 3.8) is 0 Å². The Hall–Kier alpha value is -2.43. The third kappa shape index (κ3) is 7.15. The predicted molar refractivity (Wildman–Crippen MR) is 130 cm³/mol. The van der Waals surface area contributed by atoms with E-state index in [2.05, 4.69) is 85.9 Å². The lowest BCUT2D eigenvalue weighted by molar-refractivity contribution is 0.894. The van der Waals surface area contributed by atoms with Crippen LogP contribution in [0.3, 0.4) is 0 Å². The van der Waals surface area contributed by atoms with Crippen molar-refractivity contribution < 1.29 is 0 Å². The Morgan fingerprint density at radius 1 is 1.17 bits per heavy atom. The van der Waals surface area contributed by atoms with Gasteiger partial charge in [-0.2, -0.15) is 0 Å². The van der Waals surface area contributed by atoms with Gasteiger partial charge in [0, 0.05) is 29.2 Å². The molecule has 0 fully saturated rings. The summed E-state index contributed by atoms with van der Waals surface area (Å²) in [6.07, 6.45) is 10.8. The molecular formula is C25H33N3S. The maximum Gasteiger partial charge on any atom is 0.104 e. The molecule has 0 aromatic heterocycles. The molecule has 0 saturated carbocycles. The number of thioether (sulfide) groups is 1. The summed E-state index contributed by atoms with van der Waals surface area (Å²) in [4.78, 5) is 1.34. The average Bonchev–Trinajstić information content (AvgIpc) is 2.74. The summed E-state index contributed by atoms with van der Waals surface area (Å²) in [5.41, 5.74) is 11.4. The molecule has 0 saturated heterocycles. The molecule has 0 unspecified atom stereocenters. The molecular weight excluding hydrogens is 374 g/mol. The summed E-state index contributed by atoms with van der Waals surface area (Å²) in [7, 11) is 0. The summed E-state index contributed by atoms with van der Waals surface area (Å²) in [6, 6.07) is 14.6. The van der Waals surface area contributed by atoms with Crippen molar-refractivity contribution in [2.45, 2.75) is 38.1 Å². The van der Waals surface area contributed by atoms with Gasteiger partial charge in [-0.05, 0) is 54.5 Å². The minimum atomic E-state index is 0.634. The van der Waals surface area contributed by atoms with Crippen LogP contribution in [0.1, 0.15) is 36.5 Å². The van der Waals surface area contributed by atoms with Gasteiger partial charge in [-0.1, -0.05) is 62.4 Å². The minimum Gasteiger partial charge on any atom is -0.368 e. The van der Waals surface area contributed by atoms with Crippen molar-refractivity contribution in [1.82, 2.24) is 5.32 Å². The summed E-state index contributed by atoms with van der Waals surface area (Å²) < 4.78 is 0. The highest BCUT2D eigenvalue weighted by Gasteiger charge is 2.11. The van der Waals surface area contributed by atoms with Gasteiger partial charge in [-0.3, -0.25) is 0 Å². The number of rotatable bonds is 7. The SMILES string of the molecule is C=C1C=C(NC/C=C/CCC)Nc2ccccc21.CSc1ccc(CN)cc1C. The maximum atomic E-state index is 5.50. The zero-order chi connectivity index (χ0) is 21.1. The van der Waals surface area contributed by atoms with Crippen LogP contribution in [0.15, 0.2) is 78.0 Å². The molecule has 2 aromatic carbocycles. The van der Waals surface area contributed by atoms with Gasteiger partial charge in [0.05, 0.1) is 0 Å². The molecule has 3 rings (SSSR count). The molecule has 2 aromatic rings. The second-order valence-electron chi connectivity index (χ2n) is 6.90. The fourth-order valence-electron chi connectivity index (χ4n) is 3.00. The van der Waals surface area contributed by atoms with Crippen molar-refractivity contribution in [1.29, 1.82) is 0 Å². The smallest absolute Gasteiger partial charge is 0.104 e. The number of para-hydroxylation sites is 1. The Labute approximate surface area is 180 Å². The molecule has 1 heterocycles. The number of unbranched alkanes of at least 4 members (excludes halogenated alkanes) is 1. The molecule has 0 bridgehead atoms. The summed E-state index contributed by atoms with van der Waals surface area (Å²) >= 11 is 1.77. The minimum absolute atomic E-state index is 0.634. The summed E-state index contributed by atoms with van der Waals surface area (Å²) in [5, 5.41) is 6.73. The van der Waals surface area contributed by atoms with E-state index in [1.54, 1.807) is 11.8 Å². The second kappa shape index (κ2) is 12.2. The van der Waals surface area contributed by atoms with Gasteiger partial charge in [0.1, 0.15) is 5.82 Å². The van der Waals surface area contributed by atoms with Gasteiger partial charge in [0.2, 0.25) is 0 Å². The number of benzene rings is 2. The highest BCUT2D eigenvalue weighted by Crippen LogP contribution is 2.28. The van der Waals surface area contributed by atoms with Crippen LogP contribution in [0.25, 0.3) is 5.57 Å². The van der Waals surface area contributed by atoms with Crippen LogP contribution in [0.2, 0.25) is 0 Å². The Kier molecular flexibility index (Phi) is 9.62. The molecule has 154 valence electrons. The van der Waals surface area contributed by atoms with Gasteiger partial charge in [-0.25, -0.2) is 0 Å². The monoisotopic (exact) mass is 407 g/mol. The van der Waals surface area contributed by atoms with Crippen molar-refractivity contribution in [2.75, 3.05) is 18.1 Å².